The number of nitrogens with one attached hydrogen (secondary N) is 1. The molecule has 5 nitrogen and oxygen atoms in total. The van der Waals surface area contributed by atoms with Crippen molar-refractivity contribution < 1.29 is 14.3 Å². The lowest BCUT2D eigenvalue weighted by atomic mass is 10.1. The van der Waals surface area contributed by atoms with Crippen LogP contribution in [0.5, 0.6) is 5.75 Å². The minimum atomic E-state index is -0.410. The van der Waals surface area contributed by atoms with Gasteiger partial charge in [-0.25, -0.2) is 4.79 Å². The predicted octanol–water partition coefficient (Wildman–Crippen LogP) is 5.62. The molecule has 1 heterocycles. The van der Waals surface area contributed by atoms with Gasteiger partial charge >= 0.3 is 5.97 Å². The minimum absolute atomic E-state index is 0.299. The normalized spacial score (nSPS) is 10.7. The maximum Gasteiger partial charge on any atom is 0.341 e. The zero-order valence-corrected chi connectivity index (χ0v) is 17.1. The summed E-state index contributed by atoms with van der Waals surface area (Å²) >= 11 is 3.55. The molecule has 0 unspecified atom stereocenters. The van der Waals surface area contributed by atoms with Crippen molar-refractivity contribution in [1.82, 2.24) is 4.98 Å². The molecule has 0 spiro atoms. The molecule has 1 N–H and O–H groups in total. The molecule has 0 fully saturated rings. The fraction of sp³-hybridized carbons (Fsp3) is 0.238. The van der Waals surface area contributed by atoms with Gasteiger partial charge in [-0.2, -0.15) is 0 Å². The van der Waals surface area contributed by atoms with E-state index in [1.165, 1.54) is 0 Å². The number of halogens is 1. The van der Waals surface area contributed by atoms with Crippen LogP contribution in [0.3, 0.4) is 0 Å². The largest absolute Gasteiger partial charge is 0.493 e. The fourth-order valence-corrected chi connectivity index (χ4v) is 3.28. The number of carbonyl (C=O) groups excluding carboxylic acids is 1. The molecule has 0 saturated heterocycles. The lowest BCUT2D eigenvalue weighted by molar-refractivity contribution is 0.0527. The molecule has 0 aliphatic carbocycles. The van der Waals surface area contributed by atoms with Crippen LogP contribution in [-0.2, 0) is 4.74 Å². The number of aromatic nitrogens is 1. The van der Waals surface area contributed by atoms with E-state index < -0.39 is 5.97 Å². The number of esters is 1. The third-order valence-electron chi connectivity index (χ3n) is 4.00. The predicted molar refractivity (Wildman–Crippen MR) is 111 cm³/mol. The number of ether oxygens (including phenoxy) is 2. The first-order valence-corrected chi connectivity index (χ1v) is 9.58. The summed E-state index contributed by atoms with van der Waals surface area (Å²) in [4.78, 5) is 16.9. The average Bonchev–Trinajstić information content (AvgIpc) is 2.63. The number of hydrogen-bond acceptors (Lipinski definition) is 5. The molecule has 6 heteroatoms. The van der Waals surface area contributed by atoms with Gasteiger partial charge in [0, 0.05) is 23.3 Å². The third kappa shape index (κ3) is 4.22. The van der Waals surface area contributed by atoms with E-state index in [2.05, 4.69) is 26.2 Å². The number of benzene rings is 2. The van der Waals surface area contributed by atoms with Crippen LogP contribution in [-0.4, -0.2) is 24.2 Å². The SMILES string of the molecule is CCOC(=O)c1cnc2cc(OCC)c(Br)cc2c1Nc1cccc(C)c1. The maximum atomic E-state index is 12.5. The molecule has 0 saturated carbocycles. The van der Waals surface area contributed by atoms with Crippen molar-refractivity contribution in [3.05, 3.63) is 58.2 Å². The van der Waals surface area contributed by atoms with E-state index in [1.807, 2.05) is 50.2 Å². The zero-order chi connectivity index (χ0) is 19.4. The van der Waals surface area contributed by atoms with E-state index in [0.717, 1.165) is 26.6 Å². The second-order valence-corrected chi connectivity index (χ2v) is 6.85. The van der Waals surface area contributed by atoms with Crippen molar-refractivity contribution in [2.45, 2.75) is 20.8 Å². The Kier molecular flexibility index (Phi) is 5.96. The number of pyridine rings is 1. The van der Waals surface area contributed by atoms with Crippen molar-refractivity contribution in [2.24, 2.45) is 0 Å². The van der Waals surface area contributed by atoms with Crippen LogP contribution in [0.15, 0.2) is 47.1 Å². The number of nitrogens with zero attached hydrogens (tertiary/aromatic N) is 1. The molecule has 0 atom stereocenters. The van der Waals surface area contributed by atoms with Crippen molar-refractivity contribution in [1.29, 1.82) is 0 Å². The standard InChI is InChI=1S/C21H21BrN2O3/c1-4-26-19-11-18-15(10-17(19)22)20(16(12-23-18)21(25)27-5-2)24-14-8-6-7-13(3)9-14/h6-12H,4-5H2,1-3H3,(H,23,24). The Bertz CT molecular complexity index is 989. The quantitative estimate of drug-likeness (QED) is 0.515. The molecule has 1 aromatic heterocycles. The number of carbonyl (C=O) groups is 1. The monoisotopic (exact) mass is 428 g/mol. The molecule has 27 heavy (non-hydrogen) atoms. The minimum Gasteiger partial charge on any atom is -0.493 e. The van der Waals surface area contributed by atoms with Gasteiger partial charge in [-0.05, 0) is 60.5 Å². The lowest BCUT2D eigenvalue weighted by Gasteiger charge is -2.16. The van der Waals surface area contributed by atoms with Crippen molar-refractivity contribution in [3.8, 4) is 5.75 Å². The summed E-state index contributed by atoms with van der Waals surface area (Å²) in [6, 6.07) is 11.7. The number of anilines is 2. The van der Waals surface area contributed by atoms with Gasteiger partial charge < -0.3 is 14.8 Å². The highest BCUT2D eigenvalue weighted by atomic mass is 79.9. The van der Waals surface area contributed by atoms with Gasteiger partial charge in [0.25, 0.3) is 0 Å². The maximum absolute atomic E-state index is 12.5. The van der Waals surface area contributed by atoms with E-state index in [4.69, 9.17) is 9.47 Å². The van der Waals surface area contributed by atoms with Gasteiger partial charge in [0.2, 0.25) is 0 Å². The number of fused-ring (bicyclic) bond motifs is 1. The highest BCUT2D eigenvalue weighted by Gasteiger charge is 2.18. The number of aryl methyl sites for hydroxylation is 1. The molecule has 140 valence electrons. The first-order valence-electron chi connectivity index (χ1n) is 8.79. The van der Waals surface area contributed by atoms with E-state index in [0.29, 0.717) is 30.2 Å². The first kappa shape index (κ1) is 19.2. The molecular weight excluding hydrogens is 408 g/mol. The Labute approximate surface area is 166 Å². The van der Waals surface area contributed by atoms with E-state index >= 15 is 0 Å². The van der Waals surface area contributed by atoms with Crippen LogP contribution in [0.25, 0.3) is 10.9 Å². The van der Waals surface area contributed by atoms with Crippen molar-refractivity contribution in [2.75, 3.05) is 18.5 Å². The molecule has 2 aromatic carbocycles. The van der Waals surface area contributed by atoms with Gasteiger partial charge in [0.1, 0.15) is 11.3 Å². The molecule has 3 aromatic rings. The van der Waals surface area contributed by atoms with Gasteiger partial charge in [-0.3, -0.25) is 4.98 Å². The van der Waals surface area contributed by atoms with Crippen LogP contribution < -0.4 is 10.1 Å². The Morgan fingerprint density at radius 2 is 2.00 bits per heavy atom. The van der Waals surface area contributed by atoms with Crippen LogP contribution in [0.4, 0.5) is 11.4 Å². The average molecular weight is 429 g/mol. The van der Waals surface area contributed by atoms with Crippen LogP contribution in [0.2, 0.25) is 0 Å². The summed E-state index contributed by atoms with van der Waals surface area (Å²) in [6.45, 7) is 6.59. The molecule has 0 aliphatic heterocycles. The van der Waals surface area contributed by atoms with Crippen LogP contribution in [0.1, 0.15) is 29.8 Å². The molecular formula is C21H21BrN2O3. The lowest BCUT2D eigenvalue weighted by Crippen LogP contribution is -2.09. The topological polar surface area (TPSA) is 60.5 Å². The summed E-state index contributed by atoms with van der Waals surface area (Å²) < 4.78 is 11.7. The molecule has 3 rings (SSSR count). The van der Waals surface area contributed by atoms with E-state index in [1.54, 1.807) is 13.1 Å². The summed E-state index contributed by atoms with van der Waals surface area (Å²) in [5, 5.41) is 4.18. The molecule has 0 aliphatic rings. The van der Waals surface area contributed by atoms with Crippen molar-refractivity contribution >= 4 is 44.2 Å². The summed E-state index contributed by atoms with van der Waals surface area (Å²) in [5.41, 5.74) is 3.79. The Morgan fingerprint density at radius 3 is 2.70 bits per heavy atom. The van der Waals surface area contributed by atoms with Crippen LogP contribution >= 0.6 is 15.9 Å². The van der Waals surface area contributed by atoms with Crippen molar-refractivity contribution in [3.63, 3.8) is 0 Å². The molecule has 0 radical (unpaired) electrons. The number of rotatable bonds is 6. The summed E-state index contributed by atoms with van der Waals surface area (Å²) in [5.74, 6) is 0.301. The van der Waals surface area contributed by atoms with E-state index in [-0.39, 0.29) is 0 Å². The molecule has 0 bridgehead atoms. The summed E-state index contributed by atoms with van der Waals surface area (Å²) in [7, 11) is 0. The second kappa shape index (κ2) is 8.39. The zero-order valence-electron chi connectivity index (χ0n) is 15.5. The van der Waals surface area contributed by atoms with Gasteiger partial charge in [-0.15, -0.1) is 0 Å². The summed E-state index contributed by atoms with van der Waals surface area (Å²) in [6.07, 6.45) is 1.54. The fourth-order valence-electron chi connectivity index (χ4n) is 2.82. The first-order chi connectivity index (χ1) is 13.0. The smallest absolute Gasteiger partial charge is 0.341 e. The highest BCUT2D eigenvalue weighted by molar-refractivity contribution is 9.10. The third-order valence-corrected chi connectivity index (χ3v) is 4.62. The molecule has 0 amide bonds. The van der Waals surface area contributed by atoms with Gasteiger partial charge in [0.05, 0.1) is 28.9 Å². The highest BCUT2D eigenvalue weighted by Crippen LogP contribution is 2.36. The Morgan fingerprint density at radius 1 is 1.19 bits per heavy atom. The van der Waals surface area contributed by atoms with Crippen LogP contribution in [0, 0.1) is 6.92 Å². The second-order valence-electron chi connectivity index (χ2n) is 5.99. The van der Waals surface area contributed by atoms with E-state index in [9.17, 15) is 4.79 Å². The van der Waals surface area contributed by atoms with Gasteiger partial charge in [0.15, 0.2) is 0 Å². The van der Waals surface area contributed by atoms with Gasteiger partial charge in [-0.1, -0.05) is 12.1 Å². The number of hydrogen-bond donors (Lipinski definition) is 1. The Hall–Kier alpha value is -2.60. The Balaban J connectivity index is 2.18.